The van der Waals surface area contributed by atoms with E-state index < -0.39 is 6.23 Å². The Kier molecular flexibility index (Phi) is 5.88. The van der Waals surface area contributed by atoms with Crippen LogP contribution in [0.4, 0.5) is 0 Å². The number of hydrogen-bond donors (Lipinski definition) is 0. The van der Waals surface area contributed by atoms with Gasteiger partial charge in [0.1, 0.15) is 5.75 Å². The second kappa shape index (κ2) is 8.83. The first-order valence-electron chi connectivity index (χ1n) is 10.3. The largest absolute Gasteiger partial charge is 0.493 e. The van der Waals surface area contributed by atoms with E-state index >= 15 is 0 Å². The molecule has 3 aromatic rings. The Hall–Kier alpha value is -2.84. The van der Waals surface area contributed by atoms with Crippen LogP contribution in [-0.4, -0.2) is 37.0 Å². The number of Topliss-reactive ketones (excluding diaryl/α,β-unsaturated/α-hetero) is 1. The number of carbonyl (C=O) groups excluding carboxylic acids is 1. The van der Waals surface area contributed by atoms with Crippen LogP contribution in [0.15, 0.2) is 74.7 Å². The van der Waals surface area contributed by atoms with E-state index in [0.29, 0.717) is 29.2 Å². The smallest absolute Gasteiger partial charge is 0.251 e. The van der Waals surface area contributed by atoms with Crippen molar-refractivity contribution in [1.29, 1.82) is 0 Å². The molecule has 0 amide bonds. The van der Waals surface area contributed by atoms with Gasteiger partial charge in [-0.2, -0.15) is 5.10 Å². The molecule has 6 nitrogen and oxygen atoms in total. The number of ether oxygens (including phenoxy) is 3. The van der Waals surface area contributed by atoms with Crippen LogP contribution in [0.1, 0.15) is 33.9 Å². The molecule has 2 atom stereocenters. The molecule has 168 valence electrons. The molecule has 3 aromatic carbocycles. The summed E-state index contributed by atoms with van der Waals surface area (Å²) in [5, 5.41) is 6.65. The highest BCUT2D eigenvalue weighted by Gasteiger charge is 2.43. The molecule has 0 saturated heterocycles. The summed E-state index contributed by atoms with van der Waals surface area (Å²) >= 11 is 6.98. The summed E-state index contributed by atoms with van der Waals surface area (Å²) < 4.78 is 18.9. The number of rotatable bonds is 5. The quantitative estimate of drug-likeness (QED) is 0.352. The lowest BCUT2D eigenvalue weighted by Gasteiger charge is -2.37. The number of methoxy groups -OCH3 is 2. The zero-order chi connectivity index (χ0) is 23.1. The van der Waals surface area contributed by atoms with Gasteiger partial charge in [0, 0.05) is 32.1 Å². The minimum absolute atomic E-state index is 0.126. The lowest BCUT2D eigenvalue weighted by atomic mass is 9.95. The molecule has 0 spiro atoms. The van der Waals surface area contributed by atoms with E-state index in [1.54, 1.807) is 31.4 Å². The van der Waals surface area contributed by atoms with Gasteiger partial charge in [-0.25, -0.2) is 5.01 Å². The van der Waals surface area contributed by atoms with Crippen LogP contribution in [0.5, 0.6) is 17.2 Å². The van der Waals surface area contributed by atoms with Crippen molar-refractivity contribution < 1.29 is 19.0 Å². The van der Waals surface area contributed by atoms with Gasteiger partial charge in [0.25, 0.3) is 6.23 Å². The van der Waals surface area contributed by atoms with Crippen molar-refractivity contribution in [3.05, 3.63) is 86.3 Å². The Morgan fingerprint density at radius 3 is 2.42 bits per heavy atom. The van der Waals surface area contributed by atoms with Gasteiger partial charge in [0.15, 0.2) is 11.5 Å². The van der Waals surface area contributed by atoms with Crippen molar-refractivity contribution in [2.45, 2.75) is 18.7 Å². The maximum atomic E-state index is 13.5. The second-order valence-corrected chi connectivity index (χ2v) is 9.57. The molecule has 2 aliphatic rings. The SMILES string of the molecule is COc1ccc(C2=NN3[C@H](C2)c2cc(Br)ccc2O[C@H]3C(=O)c2ccc(Br)cc2)cc1OC. The first kappa shape index (κ1) is 22.0. The van der Waals surface area contributed by atoms with E-state index in [1.807, 2.05) is 48.5 Å². The van der Waals surface area contributed by atoms with Crippen molar-refractivity contribution in [2.24, 2.45) is 5.10 Å². The van der Waals surface area contributed by atoms with Crippen molar-refractivity contribution in [3.8, 4) is 17.2 Å². The second-order valence-electron chi connectivity index (χ2n) is 7.74. The highest BCUT2D eigenvalue weighted by molar-refractivity contribution is 9.10. The Morgan fingerprint density at radius 2 is 1.70 bits per heavy atom. The molecule has 2 aliphatic heterocycles. The summed E-state index contributed by atoms with van der Waals surface area (Å²) in [6.45, 7) is 0. The topological polar surface area (TPSA) is 60.4 Å². The molecule has 0 fully saturated rings. The molecule has 33 heavy (non-hydrogen) atoms. The van der Waals surface area contributed by atoms with E-state index in [4.69, 9.17) is 19.3 Å². The van der Waals surface area contributed by atoms with E-state index in [2.05, 4.69) is 31.9 Å². The molecule has 0 saturated carbocycles. The Bertz CT molecular complexity index is 1260. The lowest BCUT2D eigenvalue weighted by Crippen LogP contribution is -2.45. The van der Waals surface area contributed by atoms with Gasteiger partial charge in [0.05, 0.1) is 26.0 Å². The van der Waals surface area contributed by atoms with Crippen LogP contribution in [0.25, 0.3) is 0 Å². The van der Waals surface area contributed by atoms with Crippen LogP contribution >= 0.6 is 31.9 Å². The average Bonchev–Trinajstić information content (AvgIpc) is 3.29. The maximum absolute atomic E-state index is 13.5. The summed E-state index contributed by atoms with van der Waals surface area (Å²) in [7, 11) is 3.21. The summed E-state index contributed by atoms with van der Waals surface area (Å²) in [5.74, 6) is 1.83. The molecule has 0 aliphatic carbocycles. The fourth-order valence-electron chi connectivity index (χ4n) is 4.18. The van der Waals surface area contributed by atoms with Crippen LogP contribution < -0.4 is 14.2 Å². The van der Waals surface area contributed by atoms with E-state index in [0.717, 1.165) is 25.8 Å². The van der Waals surface area contributed by atoms with Gasteiger partial charge in [-0.1, -0.05) is 44.0 Å². The Morgan fingerprint density at radius 1 is 0.970 bits per heavy atom. The number of hydrogen-bond acceptors (Lipinski definition) is 6. The van der Waals surface area contributed by atoms with E-state index in [9.17, 15) is 4.79 Å². The fourth-order valence-corrected chi connectivity index (χ4v) is 4.82. The summed E-state index contributed by atoms with van der Waals surface area (Å²) in [6, 6.07) is 18.7. The third-order valence-electron chi connectivity index (χ3n) is 5.82. The predicted molar refractivity (Wildman–Crippen MR) is 132 cm³/mol. The molecule has 0 aromatic heterocycles. The molecule has 0 N–H and O–H groups in total. The third-order valence-corrected chi connectivity index (χ3v) is 6.84. The molecule has 5 rings (SSSR count). The van der Waals surface area contributed by atoms with Gasteiger partial charge in [-0.15, -0.1) is 0 Å². The Labute approximate surface area is 208 Å². The predicted octanol–water partition coefficient (Wildman–Crippen LogP) is 5.98. The first-order chi connectivity index (χ1) is 16.0. The van der Waals surface area contributed by atoms with Gasteiger partial charge in [-0.3, -0.25) is 4.79 Å². The van der Waals surface area contributed by atoms with Crippen LogP contribution in [-0.2, 0) is 0 Å². The zero-order valence-corrected chi connectivity index (χ0v) is 21.1. The molecule has 0 unspecified atom stereocenters. The van der Waals surface area contributed by atoms with Gasteiger partial charge >= 0.3 is 0 Å². The third kappa shape index (κ3) is 4.02. The molecule has 2 heterocycles. The van der Waals surface area contributed by atoms with Crippen molar-refractivity contribution in [2.75, 3.05) is 14.2 Å². The van der Waals surface area contributed by atoms with Crippen molar-refractivity contribution >= 4 is 43.4 Å². The number of hydrazone groups is 1. The zero-order valence-electron chi connectivity index (χ0n) is 17.9. The van der Waals surface area contributed by atoms with E-state index in [1.165, 1.54) is 0 Å². The standard InChI is InChI=1S/C25H20Br2N2O4/c1-31-22-9-5-15(11-23(22)32-2)19-13-20-18-12-17(27)8-10-21(18)33-25(29(20)28-19)24(30)14-3-6-16(26)7-4-14/h3-12,20,25H,13H2,1-2H3/t20-,25+/m1/s1. The summed E-state index contributed by atoms with van der Waals surface area (Å²) in [6.07, 6.45) is -0.227. The highest BCUT2D eigenvalue weighted by Crippen LogP contribution is 2.45. The number of halogens is 2. The van der Waals surface area contributed by atoms with Gasteiger partial charge in [-0.05, 0) is 48.5 Å². The lowest BCUT2D eigenvalue weighted by molar-refractivity contribution is -0.00459. The maximum Gasteiger partial charge on any atom is 0.251 e. The molecule has 0 bridgehead atoms. The van der Waals surface area contributed by atoms with Gasteiger partial charge in [0.2, 0.25) is 5.78 Å². The van der Waals surface area contributed by atoms with Crippen LogP contribution in [0.3, 0.4) is 0 Å². The molecule has 0 radical (unpaired) electrons. The Balaban J connectivity index is 1.56. The molecular weight excluding hydrogens is 552 g/mol. The number of ketones is 1. The summed E-state index contributed by atoms with van der Waals surface area (Å²) in [4.78, 5) is 13.5. The highest BCUT2D eigenvalue weighted by atomic mass is 79.9. The number of nitrogens with zero attached hydrogens (tertiary/aromatic N) is 2. The van der Waals surface area contributed by atoms with Gasteiger partial charge < -0.3 is 14.2 Å². The minimum atomic E-state index is -0.859. The first-order valence-corrected chi connectivity index (χ1v) is 11.9. The molecular formula is C25H20Br2N2O4. The number of fused-ring (bicyclic) bond motifs is 3. The minimum Gasteiger partial charge on any atom is -0.493 e. The van der Waals surface area contributed by atoms with Crippen molar-refractivity contribution in [3.63, 3.8) is 0 Å². The molecule has 8 heteroatoms. The van der Waals surface area contributed by atoms with E-state index in [-0.39, 0.29) is 11.8 Å². The monoisotopic (exact) mass is 570 g/mol. The summed E-state index contributed by atoms with van der Waals surface area (Å²) in [5.41, 5.74) is 3.32. The van der Waals surface area contributed by atoms with Crippen LogP contribution in [0, 0.1) is 0 Å². The number of benzene rings is 3. The van der Waals surface area contributed by atoms with Crippen LogP contribution in [0.2, 0.25) is 0 Å². The average molecular weight is 572 g/mol. The normalized spacial score (nSPS) is 18.7. The fraction of sp³-hybridized carbons (Fsp3) is 0.200. The van der Waals surface area contributed by atoms with Crippen molar-refractivity contribution in [1.82, 2.24) is 5.01 Å². The number of carbonyl (C=O) groups is 1.